The smallest absolute Gasteiger partial charge is 0.328 e. The Hall–Kier alpha value is -3.49. The molecule has 2 N–H and O–H groups in total. The van der Waals surface area contributed by atoms with E-state index in [1.165, 1.54) is 13.2 Å². The van der Waals surface area contributed by atoms with Crippen molar-refractivity contribution in [2.75, 3.05) is 0 Å². The third-order valence-electron chi connectivity index (χ3n) is 3.70. The topological polar surface area (TPSA) is 115 Å². The maximum absolute atomic E-state index is 12.1. The van der Waals surface area contributed by atoms with Gasteiger partial charge in [0.05, 0.1) is 6.42 Å². The van der Waals surface area contributed by atoms with Gasteiger partial charge in [-0.05, 0) is 6.07 Å². The number of hydrogen-bond donors (Lipinski definition) is 2. The van der Waals surface area contributed by atoms with Crippen LogP contribution in [0.2, 0.25) is 0 Å². The Balaban J connectivity index is 1.71. The number of pyridine rings is 1. The third-order valence-corrected chi connectivity index (χ3v) is 3.70. The molecule has 0 aromatic carbocycles. The number of nitrogens with one attached hydrogen (secondary N) is 2. The molecule has 3 aromatic rings. The fourth-order valence-corrected chi connectivity index (χ4v) is 2.36. The number of imidazole rings is 1. The largest absolute Gasteiger partial charge is 0.352 e. The van der Waals surface area contributed by atoms with Gasteiger partial charge < -0.3 is 10.3 Å². The van der Waals surface area contributed by atoms with Crippen LogP contribution >= 0.6 is 0 Å². The van der Waals surface area contributed by atoms with Crippen molar-refractivity contribution in [2.45, 2.75) is 13.0 Å². The van der Waals surface area contributed by atoms with E-state index >= 15 is 0 Å². The number of carbonyl (C=O) groups excluding carboxylic acids is 1. The monoisotopic (exact) mass is 340 g/mol. The molecule has 3 heterocycles. The average molecular weight is 340 g/mol. The summed E-state index contributed by atoms with van der Waals surface area (Å²) in [5.41, 5.74) is 0.0257. The molecule has 0 atom stereocenters. The van der Waals surface area contributed by atoms with Crippen molar-refractivity contribution in [1.82, 2.24) is 29.4 Å². The zero-order chi connectivity index (χ0) is 17.8. The van der Waals surface area contributed by atoms with E-state index in [-0.39, 0.29) is 24.4 Å². The van der Waals surface area contributed by atoms with Crippen LogP contribution in [0.25, 0.3) is 5.82 Å². The van der Waals surface area contributed by atoms with Gasteiger partial charge in [-0.1, -0.05) is 6.07 Å². The van der Waals surface area contributed by atoms with Crippen LogP contribution in [0, 0.1) is 0 Å². The van der Waals surface area contributed by atoms with Crippen LogP contribution in [0.1, 0.15) is 11.1 Å². The Bertz CT molecular complexity index is 1000. The SMILES string of the molecule is Cn1c(=O)[nH]cc(CC(=O)NCc2cccnc2-n2ccnc2)c1=O. The predicted molar refractivity (Wildman–Crippen MR) is 89.2 cm³/mol. The van der Waals surface area contributed by atoms with Gasteiger partial charge >= 0.3 is 5.69 Å². The van der Waals surface area contributed by atoms with Crippen LogP contribution in [-0.2, 0) is 24.8 Å². The zero-order valence-corrected chi connectivity index (χ0v) is 13.5. The number of H-pyrrole nitrogens is 1. The quantitative estimate of drug-likeness (QED) is 0.651. The van der Waals surface area contributed by atoms with Crippen molar-refractivity contribution in [3.05, 3.63) is 75.2 Å². The predicted octanol–water partition coefficient (Wildman–Crippen LogP) is -0.487. The second-order valence-electron chi connectivity index (χ2n) is 5.39. The van der Waals surface area contributed by atoms with Gasteiger partial charge in [-0.2, -0.15) is 0 Å². The molecule has 0 unspecified atom stereocenters. The Morgan fingerprint density at radius 1 is 1.28 bits per heavy atom. The molecule has 0 radical (unpaired) electrons. The molecule has 0 aliphatic rings. The van der Waals surface area contributed by atoms with Crippen molar-refractivity contribution in [3.8, 4) is 5.82 Å². The summed E-state index contributed by atoms with van der Waals surface area (Å²) in [4.78, 5) is 46.1. The summed E-state index contributed by atoms with van der Waals surface area (Å²) >= 11 is 0. The first kappa shape index (κ1) is 16.4. The van der Waals surface area contributed by atoms with Crippen molar-refractivity contribution in [1.29, 1.82) is 0 Å². The number of amides is 1. The molecule has 0 saturated carbocycles. The van der Waals surface area contributed by atoms with Crippen molar-refractivity contribution in [2.24, 2.45) is 7.05 Å². The molecule has 0 aliphatic carbocycles. The second kappa shape index (κ2) is 6.95. The second-order valence-corrected chi connectivity index (χ2v) is 5.39. The Morgan fingerprint density at radius 3 is 2.88 bits per heavy atom. The fourth-order valence-electron chi connectivity index (χ4n) is 2.36. The maximum atomic E-state index is 12.1. The molecular formula is C16H16N6O3. The van der Waals surface area contributed by atoms with Gasteiger partial charge in [-0.15, -0.1) is 0 Å². The minimum atomic E-state index is -0.519. The fraction of sp³-hybridized carbons (Fsp3) is 0.188. The van der Waals surface area contributed by atoms with E-state index in [0.717, 1.165) is 10.1 Å². The summed E-state index contributed by atoms with van der Waals surface area (Å²) in [7, 11) is 1.36. The Kier molecular flexibility index (Phi) is 4.55. The molecule has 9 heteroatoms. The molecule has 25 heavy (non-hydrogen) atoms. The molecule has 0 bridgehead atoms. The van der Waals surface area contributed by atoms with E-state index in [0.29, 0.717) is 5.82 Å². The molecule has 3 aromatic heterocycles. The van der Waals surface area contributed by atoms with Crippen LogP contribution in [0.4, 0.5) is 0 Å². The highest BCUT2D eigenvalue weighted by Gasteiger charge is 2.11. The van der Waals surface area contributed by atoms with Crippen LogP contribution in [0.5, 0.6) is 0 Å². The lowest BCUT2D eigenvalue weighted by atomic mass is 10.2. The van der Waals surface area contributed by atoms with Gasteiger partial charge in [-0.25, -0.2) is 14.8 Å². The van der Waals surface area contributed by atoms with Gasteiger partial charge in [0.15, 0.2) is 0 Å². The first-order valence-electron chi connectivity index (χ1n) is 7.53. The van der Waals surface area contributed by atoms with Crippen LogP contribution in [0.3, 0.4) is 0 Å². The summed E-state index contributed by atoms with van der Waals surface area (Å²) in [5.74, 6) is 0.338. The lowest BCUT2D eigenvalue weighted by Gasteiger charge is -2.10. The molecule has 0 fully saturated rings. The highest BCUT2D eigenvalue weighted by Crippen LogP contribution is 2.10. The lowest BCUT2D eigenvalue weighted by Crippen LogP contribution is -2.36. The summed E-state index contributed by atoms with van der Waals surface area (Å²) in [6.07, 6.45) is 7.83. The average Bonchev–Trinajstić information content (AvgIpc) is 3.15. The van der Waals surface area contributed by atoms with Gasteiger partial charge in [-0.3, -0.25) is 18.7 Å². The maximum Gasteiger partial charge on any atom is 0.328 e. The first-order chi connectivity index (χ1) is 12.1. The van der Waals surface area contributed by atoms with Gasteiger partial charge in [0.1, 0.15) is 12.1 Å². The Labute approximate surface area is 142 Å². The van der Waals surface area contributed by atoms with Crippen molar-refractivity contribution in [3.63, 3.8) is 0 Å². The number of hydrogen-bond acceptors (Lipinski definition) is 5. The Morgan fingerprint density at radius 2 is 2.12 bits per heavy atom. The first-order valence-corrected chi connectivity index (χ1v) is 7.53. The van der Waals surface area contributed by atoms with Gasteiger partial charge in [0.25, 0.3) is 5.56 Å². The summed E-state index contributed by atoms with van der Waals surface area (Å²) in [6.45, 7) is 0.254. The number of carbonyl (C=O) groups is 1. The van der Waals surface area contributed by atoms with E-state index < -0.39 is 11.2 Å². The zero-order valence-electron chi connectivity index (χ0n) is 13.5. The summed E-state index contributed by atoms with van der Waals surface area (Å²) < 4.78 is 2.68. The van der Waals surface area contributed by atoms with E-state index in [1.54, 1.807) is 35.6 Å². The number of aromatic nitrogens is 5. The standard InChI is InChI=1S/C16H16N6O3/c1-21-15(24)12(9-20-16(21)25)7-13(23)19-8-11-3-2-4-18-14(11)22-6-5-17-10-22/h2-6,9-10H,7-8H2,1H3,(H,19,23)(H,20,25). The summed E-state index contributed by atoms with van der Waals surface area (Å²) in [6, 6.07) is 3.63. The van der Waals surface area contributed by atoms with Crippen LogP contribution in [-0.4, -0.2) is 30.0 Å². The third kappa shape index (κ3) is 3.55. The molecule has 128 valence electrons. The number of aromatic amines is 1. The van der Waals surface area contributed by atoms with Crippen molar-refractivity contribution < 1.29 is 4.79 Å². The van der Waals surface area contributed by atoms with E-state index in [9.17, 15) is 14.4 Å². The number of rotatable bonds is 5. The molecule has 3 rings (SSSR count). The van der Waals surface area contributed by atoms with Crippen LogP contribution < -0.4 is 16.6 Å². The van der Waals surface area contributed by atoms with E-state index in [2.05, 4.69) is 20.3 Å². The summed E-state index contributed by atoms with van der Waals surface area (Å²) in [5, 5.41) is 2.76. The highest BCUT2D eigenvalue weighted by molar-refractivity contribution is 5.78. The molecular weight excluding hydrogens is 324 g/mol. The normalized spacial score (nSPS) is 10.6. The number of nitrogens with zero attached hydrogens (tertiary/aromatic N) is 4. The van der Waals surface area contributed by atoms with Gasteiger partial charge in [0, 0.05) is 49.5 Å². The van der Waals surface area contributed by atoms with Crippen LogP contribution in [0.15, 0.2) is 52.8 Å². The van der Waals surface area contributed by atoms with Crippen molar-refractivity contribution >= 4 is 5.91 Å². The van der Waals surface area contributed by atoms with E-state index in [4.69, 9.17) is 0 Å². The molecule has 0 aliphatic heterocycles. The highest BCUT2D eigenvalue weighted by atomic mass is 16.2. The van der Waals surface area contributed by atoms with Gasteiger partial charge in [0.2, 0.25) is 5.91 Å². The lowest BCUT2D eigenvalue weighted by molar-refractivity contribution is -0.120. The molecule has 0 saturated heterocycles. The minimum absolute atomic E-state index is 0.121. The molecule has 0 spiro atoms. The molecule has 1 amide bonds. The minimum Gasteiger partial charge on any atom is -0.352 e. The molecule has 9 nitrogen and oxygen atoms in total. The van der Waals surface area contributed by atoms with E-state index in [1.807, 2.05) is 6.07 Å².